The molecule has 0 aliphatic rings. The first-order valence-corrected chi connectivity index (χ1v) is 7.93. The monoisotopic (exact) mass is 366 g/mol. The lowest BCUT2D eigenvalue weighted by Gasteiger charge is -2.08. The number of nitrogens with one attached hydrogen (secondary N) is 1. The molecule has 1 amide bonds. The highest BCUT2D eigenvalue weighted by molar-refractivity contribution is 9.10. The number of aryl methyl sites for hydroxylation is 2. The summed E-state index contributed by atoms with van der Waals surface area (Å²) in [6.45, 7) is 3.88. The molecular formula is C15H15BrN2O2S. The van der Waals surface area contributed by atoms with Crippen LogP contribution < -0.4 is 10.2 Å². The van der Waals surface area contributed by atoms with Gasteiger partial charge in [0.1, 0.15) is 5.75 Å². The van der Waals surface area contributed by atoms with E-state index >= 15 is 0 Å². The predicted octanol–water partition coefficient (Wildman–Crippen LogP) is 3.66. The summed E-state index contributed by atoms with van der Waals surface area (Å²) in [5.74, 6) is 0.396. The van der Waals surface area contributed by atoms with Crippen LogP contribution >= 0.6 is 27.3 Å². The highest BCUT2D eigenvalue weighted by atomic mass is 79.9. The average Bonchev–Trinajstić information content (AvgIpc) is 2.83. The van der Waals surface area contributed by atoms with Crippen LogP contribution in [-0.2, 0) is 4.79 Å². The van der Waals surface area contributed by atoms with Crippen LogP contribution in [0.1, 0.15) is 15.3 Å². The molecule has 1 heterocycles. The molecule has 0 radical (unpaired) electrons. The van der Waals surface area contributed by atoms with Crippen LogP contribution in [0.2, 0.25) is 0 Å². The topological polar surface area (TPSA) is 50.7 Å². The van der Waals surface area contributed by atoms with Crippen LogP contribution in [0.25, 0.3) is 0 Å². The first-order chi connectivity index (χ1) is 10.0. The fourth-order valence-corrected chi connectivity index (χ4v) is 2.87. The molecule has 0 saturated heterocycles. The fraction of sp³-hybridized carbons (Fsp3) is 0.200. The third-order valence-electron chi connectivity index (χ3n) is 2.64. The molecule has 110 valence electrons. The minimum atomic E-state index is -0.290. The number of hydrogen-bond acceptors (Lipinski definition) is 4. The molecule has 0 unspecified atom stereocenters. The van der Waals surface area contributed by atoms with E-state index in [1.807, 2.05) is 44.2 Å². The van der Waals surface area contributed by atoms with Gasteiger partial charge in [-0.05, 0) is 49.7 Å². The van der Waals surface area contributed by atoms with Crippen molar-refractivity contribution in [3.63, 3.8) is 0 Å². The molecule has 2 aromatic rings. The molecule has 0 atom stereocenters. The maximum atomic E-state index is 11.6. The molecule has 1 N–H and O–H groups in total. The van der Waals surface area contributed by atoms with Gasteiger partial charge in [0.15, 0.2) is 6.61 Å². The quantitative estimate of drug-likeness (QED) is 0.648. The Morgan fingerprint density at radius 1 is 1.38 bits per heavy atom. The van der Waals surface area contributed by atoms with Gasteiger partial charge in [0.25, 0.3) is 5.91 Å². The van der Waals surface area contributed by atoms with Crippen LogP contribution in [-0.4, -0.2) is 18.7 Å². The van der Waals surface area contributed by atoms with E-state index in [1.165, 1.54) is 4.88 Å². The van der Waals surface area contributed by atoms with Gasteiger partial charge in [0.05, 0.1) is 6.21 Å². The fourth-order valence-electron chi connectivity index (χ4n) is 1.64. The van der Waals surface area contributed by atoms with Crippen molar-refractivity contribution in [2.24, 2.45) is 5.10 Å². The van der Waals surface area contributed by atoms with Crippen LogP contribution in [0.15, 0.2) is 39.9 Å². The number of rotatable bonds is 5. The molecule has 0 spiro atoms. The Morgan fingerprint density at radius 3 is 2.86 bits per heavy atom. The lowest BCUT2D eigenvalue weighted by Crippen LogP contribution is -2.24. The summed E-state index contributed by atoms with van der Waals surface area (Å²) >= 11 is 5.00. The number of nitrogens with zero attached hydrogens (tertiary/aromatic N) is 1. The zero-order valence-electron chi connectivity index (χ0n) is 11.7. The van der Waals surface area contributed by atoms with Crippen molar-refractivity contribution >= 4 is 39.4 Å². The van der Waals surface area contributed by atoms with Crippen molar-refractivity contribution in [1.29, 1.82) is 0 Å². The van der Waals surface area contributed by atoms with Gasteiger partial charge in [-0.3, -0.25) is 4.79 Å². The molecule has 21 heavy (non-hydrogen) atoms. The number of carbonyl (C=O) groups is 1. The molecule has 0 aliphatic heterocycles. The number of amides is 1. The first-order valence-electron chi connectivity index (χ1n) is 6.32. The van der Waals surface area contributed by atoms with Gasteiger partial charge in [0.2, 0.25) is 0 Å². The third kappa shape index (κ3) is 4.99. The van der Waals surface area contributed by atoms with Crippen LogP contribution in [0.3, 0.4) is 0 Å². The molecule has 2 rings (SSSR count). The standard InChI is InChI=1S/C15H15BrN2O2S/c1-10-7-12(16)4-6-14(10)20-9-15(19)18-17-8-13-5-3-11(2)21-13/h3-8H,9H2,1-2H3,(H,18,19). The maximum absolute atomic E-state index is 11.6. The summed E-state index contributed by atoms with van der Waals surface area (Å²) in [5, 5.41) is 3.90. The van der Waals surface area contributed by atoms with E-state index in [9.17, 15) is 4.79 Å². The molecule has 0 aliphatic carbocycles. The van der Waals surface area contributed by atoms with E-state index < -0.39 is 0 Å². The molecule has 4 nitrogen and oxygen atoms in total. The summed E-state index contributed by atoms with van der Waals surface area (Å²) in [4.78, 5) is 13.8. The van der Waals surface area contributed by atoms with Gasteiger partial charge in [-0.1, -0.05) is 15.9 Å². The number of thiophene rings is 1. The lowest BCUT2D eigenvalue weighted by molar-refractivity contribution is -0.123. The van der Waals surface area contributed by atoms with E-state index in [0.29, 0.717) is 5.75 Å². The number of hydrogen-bond donors (Lipinski definition) is 1. The minimum absolute atomic E-state index is 0.0662. The van der Waals surface area contributed by atoms with Crippen molar-refractivity contribution in [3.8, 4) is 5.75 Å². The van der Waals surface area contributed by atoms with Crippen LogP contribution in [0.5, 0.6) is 5.75 Å². The molecule has 0 bridgehead atoms. The number of hydrazone groups is 1. The first kappa shape index (κ1) is 15.7. The molecule has 0 fully saturated rings. The second-order valence-electron chi connectivity index (χ2n) is 4.44. The van der Waals surface area contributed by atoms with E-state index in [4.69, 9.17) is 4.74 Å². The Balaban J connectivity index is 1.81. The SMILES string of the molecule is Cc1ccc(C=NNC(=O)COc2ccc(Br)cc2C)s1. The maximum Gasteiger partial charge on any atom is 0.277 e. The molecule has 6 heteroatoms. The lowest BCUT2D eigenvalue weighted by atomic mass is 10.2. The summed E-state index contributed by atoms with van der Waals surface area (Å²) < 4.78 is 6.44. The molecule has 0 saturated carbocycles. The number of carbonyl (C=O) groups excluding carboxylic acids is 1. The summed E-state index contributed by atoms with van der Waals surface area (Å²) in [6, 6.07) is 9.59. The summed E-state index contributed by atoms with van der Waals surface area (Å²) in [5.41, 5.74) is 3.41. The largest absolute Gasteiger partial charge is 0.483 e. The van der Waals surface area contributed by atoms with Crippen molar-refractivity contribution in [2.45, 2.75) is 13.8 Å². The van der Waals surface area contributed by atoms with Gasteiger partial charge in [-0.2, -0.15) is 5.10 Å². The average molecular weight is 367 g/mol. The molecule has 1 aromatic carbocycles. The normalized spacial score (nSPS) is 10.8. The van der Waals surface area contributed by atoms with Gasteiger partial charge in [-0.15, -0.1) is 11.3 Å². The second-order valence-corrected chi connectivity index (χ2v) is 6.68. The summed E-state index contributed by atoms with van der Waals surface area (Å²) in [7, 11) is 0. The van der Waals surface area contributed by atoms with Gasteiger partial charge in [0, 0.05) is 14.2 Å². The Morgan fingerprint density at radius 2 is 2.19 bits per heavy atom. The zero-order chi connectivity index (χ0) is 15.2. The summed E-state index contributed by atoms with van der Waals surface area (Å²) in [6.07, 6.45) is 1.63. The van der Waals surface area contributed by atoms with E-state index in [-0.39, 0.29) is 12.5 Å². The van der Waals surface area contributed by atoms with Gasteiger partial charge >= 0.3 is 0 Å². The second kappa shape index (κ2) is 7.38. The Kier molecular flexibility index (Phi) is 5.52. The van der Waals surface area contributed by atoms with Gasteiger partial charge < -0.3 is 4.74 Å². The highest BCUT2D eigenvalue weighted by Crippen LogP contribution is 2.21. The number of ether oxygens (including phenoxy) is 1. The van der Waals surface area contributed by atoms with Crippen molar-refractivity contribution < 1.29 is 9.53 Å². The Labute approximate surface area is 136 Å². The third-order valence-corrected chi connectivity index (χ3v) is 4.07. The molecule has 1 aromatic heterocycles. The van der Waals surface area contributed by atoms with Crippen molar-refractivity contribution in [1.82, 2.24) is 5.43 Å². The zero-order valence-corrected chi connectivity index (χ0v) is 14.1. The highest BCUT2D eigenvalue weighted by Gasteiger charge is 2.04. The molecular weight excluding hydrogens is 352 g/mol. The van der Waals surface area contributed by atoms with Crippen LogP contribution in [0.4, 0.5) is 0 Å². The smallest absolute Gasteiger partial charge is 0.277 e. The minimum Gasteiger partial charge on any atom is -0.483 e. The van der Waals surface area contributed by atoms with Gasteiger partial charge in [-0.25, -0.2) is 5.43 Å². The Bertz CT molecular complexity index is 667. The number of halogens is 1. The van der Waals surface area contributed by atoms with E-state index in [1.54, 1.807) is 17.6 Å². The Hall–Kier alpha value is -1.66. The van der Waals surface area contributed by atoms with E-state index in [0.717, 1.165) is 14.9 Å². The number of benzene rings is 1. The van der Waals surface area contributed by atoms with Crippen molar-refractivity contribution in [3.05, 3.63) is 50.1 Å². The van der Waals surface area contributed by atoms with Crippen molar-refractivity contribution in [2.75, 3.05) is 6.61 Å². The van der Waals surface area contributed by atoms with E-state index in [2.05, 4.69) is 26.5 Å². The van der Waals surface area contributed by atoms with Crippen LogP contribution in [0, 0.1) is 13.8 Å². The predicted molar refractivity (Wildman–Crippen MR) is 89.2 cm³/mol.